The normalized spacial score (nSPS) is 19.1. The van der Waals surface area contributed by atoms with Gasteiger partial charge in [0.15, 0.2) is 0 Å². The highest BCUT2D eigenvalue weighted by Crippen LogP contribution is 2.27. The molecule has 0 aliphatic carbocycles. The van der Waals surface area contributed by atoms with E-state index in [1.165, 1.54) is 18.3 Å². The number of likely N-dealkylation sites (N-methyl/N-ethyl adjacent to an activating group) is 1. The van der Waals surface area contributed by atoms with Gasteiger partial charge in [-0.15, -0.1) is 23.7 Å². The highest BCUT2D eigenvalue weighted by Gasteiger charge is 2.30. The Morgan fingerprint density at radius 1 is 1.43 bits per heavy atom. The monoisotopic (exact) mass is 381 g/mol. The maximum atomic E-state index is 12.7. The van der Waals surface area contributed by atoms with Crippen LogP contribution in [0, 0.1) is 0 Å². The number of sulfonamides is 1. The summed E-state index contributed by atoms with van der Waals surface area (Å²) in [6.07, 6.45) is 2.54. The summed E-state index contributed by atoms with van der Waals surface area (Å²) < 4.78 is 27.3. The van der Waals surface area contributed by atoms with Crippen molar-refractivity contribution < 1.29 is 13.2 Å². The Kier molecular flexibility index (Phi) is 7.96. The van der Waals surface area contributed by atoms with Gasteiger partial charge in [-0.3, -0.25) is 4.79 Å². The Morgan fingerprint density at radius 3 is 2.83 bits per heavy atom. The fourth-order valence-electron chi connectivity index (χ4n) is 2.52. The molecule has 1 unspecified atom stereocenters. The Balaban J connectivity index is 0.00000264. The van der Waals surface area contributed by atoms with Crippen molar-refractivity contribution in [1.82, 2.24) is 14.9 Å². The van der Waals surface area contributed by atoms with E-state index >= 15 is 0 Å². The number of thiophene rings is 1. The molecule has 2 heterocycles. The molecule has 0 aromatic carbocycles. The van der Waals surface area contributed by atoms with Gasteiger partial charge in [-0.05, 0) is 38.4 Å². The van der Waals surface area contributed by atoms with Gasteiger partial charge in [-0.25, -0.2) is 8.42 Å². The number of rotatable bonds is 6. The molecule has 23 heavy (non-hydrogen) atoms. The lowest BCUT2D eigenvalue weighted by Gasteiger charge is -2.31. The summed E-state index contributed by atoms with van der Waals surface area (Å²) in [6.45, 7) is 3.11. The first kappa shape index (κ1) is 20.4. The lowest BCUT2D eigenvalue weighted by Crippen LogP contribution is -2.46. The number of nitrogens with one attached hydrogen (secondary N) is 2. The average Bonchev–Trinajstić information content (AvgIpc) is 2.96. The molecule has 1 aromatic heterocycles. The molecule has 0 radical (unpaired) electrons. The first-order chi connectivity index (χ1) is 10.4. The van der Waals surface area contributed by atoms with Gasteiger partial charge in [-0.1, -0.05) is 0 Å². The molecule has 1 aliphatic heterocycles. The largest absolute Gasteiger partial charge is 0.356 e. The number of carbonyl (C=O) groups is 1. The smallest absolute Gasteiger partial charge is 0.252 e. The Bertz CT molecular complexity index is 619. The van der Waals surface area contributed by atoms with Crippen LogP contribution in [0.2, 0.25) is 0 Å². The minimum absolute atomic E-state index is 0. The van der Waals surface area contributed by atoms with Gasteiger partial charge in [0.1, 0.15) is 4.21 Å². The molecule has 1 saturated heterocycles. The van der Waals surface area contributed by atoms with E-state index in [-0.39, 0.29) is 24.4 Å². The molecule has 0 spiro atoms. The Labute approximate surface area is 148 Å². The molecule has 1 atom stereocenters. The molecule has 1 fully saturated rings. The summed E-state index contributed by atoms with van der Waals surface area (Å²) >= 11 is 1.29. The Hall–Kier alpha value is -0.670. The van der Waals surface area contributed by atoms with E-state index in [0.717, 1.165) is 17.7 Å². The van der Waals surface area contributed by atoms with Crippen LogP contribution in [-0.2, 0) is 21.2 Å². The molecule has 2 rings (SSSR count). The van der Waals surface area contributed by atoms with Gasteiger partial charge in [-0.2, -0.15) is 4.31 Å². The molecule has 2 N–H and O–H groups in total. The SMILES string of the molecule is CNC1CCCN(S(=O)(=O)c2ccc(CCNC(C)=O)s2)C1.Cl. The molecule has 0 saturated carbocycles. The van der Waals surface area contributed by atoms with E-state index in [1.54, 1.807) is 10.4 Å². The minimum atomic E-state index is -3.40. The van der Waals surface area contributed by atoms with Crippen molar-refractivity contribution in [2.45, 2.75) is 36.4 Å². The van der Waals surface area contributed by atoms with Crippen LogP contribution in [-0.4, -0.2) is 51.4 Å². The second-order valence-corrected chi connectivity index (χ2v) is 8.78. The molecule has 1 aliphatic rings. The molecule has 9 heteroatoms. The van der Waals surface area contributed by atoms with Crippen molar-refractivity contribution in [2.75, 3.05) is 26.7 Å². The van der Waals surface area contributed by atoms with Crippen molar-refractivity contribution >= 4 is 39.7 Å². The second-order valence-electron chi connectivity index (χ2n) is 5.44. The predicted molar refractivity (Wildman–Crippen MR) is 94.8 cm³/mol. The van der Waals surface area contributed by atoms with Crippen LogP contribution in [0.1, 0.15) is 24.6 Å². The summed E-state index contributed by atoms with van der Waals surface area (Å²) in [4.78, 5) is 11.8. The van der Waals surface area contributed by atoms with Gasteiger partial charge in [0.05, 0.1) is 0 Å². The zero-order chi connectivity index (χ0) is 16.2. The van der Waals surface area contributed by atoms with Gasteiger partial charge < -0.3 is 10.6 Å². The van der Waals surface area contributed by atoms with E-state index in [4.69, 9.17) is 0 Å². The van der Waals surface area contributed by atoms with Crippen LogP contribution < -0.4 is 10.6 Å². The lowest BCUT2D eigenvalue weighted by molar-refractivity contribution is -0.118. The third kappa shape index (κ3) is 5.42. The van der Waals surface area contributed by atoms with E-state index in [2.05, 4.69) is 10.6 Å². The number of carbonyl (C=O) groups excluding carboxylic acids is 1. The fraction of sp³-hybridized carbons (Fsp3) is 0.643. The molecular formula is C14H24ClN3O3S2. The zero-order valence-corrected chi connectivity index (χ0v) is 15.8. The summed E-state index contributed by atoms with van der Waals surface area (Å²) in [5.74, 6) is -0.0733. The zero-order valence-electron chi connectivity index (χ0n) is 13.4. The number of nitrogens with zero attached hydrogens (tertiary/aromatic N) is 1. The summed E-state index contributed by atoms with van der Waals surface area (Å²) in [5.41, 5.74) is 0. The third-order valence-corrected chi connectivity index (χ3v) is 7.25. The maximum absolute atomic E-state index is 12.7. The second kappa shape index (κ2) is 8.98. The quantitative estimate of drug-likeness (QED) is 0.776. The highest BCUT2D eigenvalue weighted by atomic mass is 35.5. The van der Waals surface area contributed by atoms with E-state index in [9.17, 15) is 13.2 Å². The van der Waals surface area contributed by atoms with E-state index < -0.39 is 10.0 Å². The van der Waals surface area contributed by atoms with Crippen LogP contribution in [0.15, 0.2) is 16.3 Å². The molecule has 6 nitrogen and oxygen atoms in total. The van der Waals surface area contributed by atoms with Crippen LogP contribution in [0.4, 0.5) is 0 Å². The van der Waals surface area contributed by atoms with Gasteiger partial charge >= 0.3 is 0 Å². The van der Waals surface area contributed by atoms with Crippen molar-refractivity contribution in [3.05, 3.63) is 17.0 Å². The van der Waals surface area contributed by atoms with Crippen molar-refractivity contribution in [2.24, 2.45) is 0 Å². The standard InChI is InChI=1S/C14H23N3O3S2.ClH/c1-11(18)16-8-7-13-5-6-14(21-13)22(19,20)17-9-3-4-12(10-17)15-2;/h5-6,12,15H,3-4,7-10H2,1-2H3,(H,16,18);1H. The van der Waals surface area contributed by atoms with Crippen molar-refractivity contribution in [3.8, 4) is 0 Å². The molecular weight excluding hydrogens is 358 g/mol. The van der Waals surface area contributed by atoms with Gasteiger partial charge in [0, 0.05) is 37.5 Å². The number of amides is 1. The topological polar surface area (TPSA) is 78.5 Å². The number of halogens is 1. The average molecular weight is 382 g/mol. The minimum Gasteiger partial charge on any atom is -0.356 e. The molecule has 132 valence electrons. The van der Waals surface area contributed by atoms with E-state index in [0.29, 0.717) is 30.3 Å². The van der Waals surface area contributed by atoms with Crippen LogP contribution in [0.3, 0.4) is 0 Å². The summed E-state index contributed by atoms with van der Waals surface area (Å²) in [6, 6.07) is 3.73. The summed E-state index contributed by atoms with van der Waals surface area (Å²) in [7, 11) is -1.53. The maximum Gasteiger partial charge on any atom is 0.252 e. The van der Waals surface area contributed by atoms with Crippen LogP contribution in [0.25, 0.3) is 0 Å². The summed E-state index contributed by atoms with van der Waals surface area (Å²) in [5, 5.41) is 5.88. The van der Waals surface area contributed by atoms with Crippen molar-refractivity contribution in [1.29, 1.82) is 0 Å². The predicted octanol–water partition coefficient (Wildman–Crippen LogP) is 1.22. The van der Waals surface area contributed by atoms with Crippen LogP contribution >= 0.6 is 23.7 Å². The lowest BCUT2D eigenvalue weighted by atomic mass is 10.1. The highest BCUT2D eigenvalue weighted by molar-refractivity contribution is 7.91. The molecule has 1 aromatic rings. The third-order valence-electron chi connectivity index (χ3n) is 3.77. The van der Waals surface area contributed by atoms with E-state index in [1.807, 2.05) is 13.1 Å². The fourth-order valence-corrected chi connectivity index (χ4v) is 5.55. The van der Waals surface area contributed by atoms with Crippen molar-refractivity contribution in [3.63, 3.8) is 0 Å². The van der Waals surface area contributed by atoms with Gasteiger partial charge in [0.25, 0.3) is 10.0 Å². The molecule has 1 amide bonds. The van der Waals surface area contributed by atoms with Crippen LogP contribution in [0.5, 0.6) is 0 Å². The first-order valence-corrected chi connectivity index (χ1v) is 9.69. The number of piperidine rings is 1. The molecule has 0 bridgehead atoms. The number of hydrogen-bond acceptors (Lipinski definition) is 5. The Morgan fingerprint density at radius 2 is 2.17 bits per heavy atom. The first-order valence-electron chi connectivity index (χ1n) is 7.44. The number of hydrogen-bond donors (Lipinski definition) is 2. The van der Waals surface area contributed by atoms with Gasteiger partial charge in [0.2, 0.25) is 5.91 Å².